The van der Waals surface area contributed by atoms with Crippen molar-refractivity contribution in [3.63, 3.8) is 0 Å². The first-order valence-electron chi connectivity index (χ1n) is 12.9. The van der Waals surface area contributed by atoms with Gasteiger partial charge in [0.1, 0.15) is 12.1 Å². The van der Waals surface area contributed by atoms with Crippen LogP contribution in [0.25, 0.3) is 34.0 Å². The van der Waals surface area contributed by atoms with Crippen molar-refractivity contribution in [2.75, 3.05) is 7.11 Å². The zero-order valence-corrected chi connectivity index (χ0v) is 22.0. The van der Waals surface area contributed by atoms with E-state index < -0.39 is 5.76 Å². The summed E-state index contributed by atoms with van der Waals surface area (Å²) in [6.45, 7) is 2.08. The van der Waals surface area contributed by atoms with Crippen LogP contribution >= 0.6 is 0 Å². The maximum atomic E-state index is 14.0. The zero-order chi connectivity index (χ0) is 27.6. The summed E-state index contributed by atoms with van der Waals surface area (Å²) in [6, 6.07) is 23.0. The Balaban J connectivity index is 0.00000337. The van der Waals surface area contributed by atoms with Gasteiger partial charge in [-0.1, -0.05) is 67.0 Å². The molecule has 0 aliphatic heterocycles. The van der Waals surface area contributed by atoms with Crippen LogP contribution in [0.15, 0.2) is 93.2 Å². The molecule has 0 atom stereocenters. The van der Waals surface area contributed by atoms with Gasteiger partial charge in [0.25, 0.3) is 5.56 Å². The molecule has 3 heterocycles. The van der Waals surface area contributed by atoms with E-state index in [9.17, 15) is 9.59 Å². The SMILES string of the molecule is CCCc1c(Cc2ccc(-c3ccccc3-c3noc(=O)[nH]3)cc2)c(=O)n(-c2ccc(OC)cc2)c2ncnn12.[KH]. The molecule has 1 N–H and O–H groups in total. The number of methoxy groups -OCH3 is 1. The third-order valence-corrected chi connectivity index (χ3v) is 6.88. The number of fused-ring (bicyclic) bond motifs is 1. The first-order chi connectivity index (χ1) is 19.6. The number of nitrogens with one attached hydrogen (secondary N) is 1. The van der Waals surface area contributed by atoms with Crippen molar-refractivity contribution in [1.82, 2.24) is 29.3 Å². The van der Waals surface area contributed by atoms with Gasteiger partial charge in [-0.15, -0.1) is 0 Å². The minimum absolute atomic E-state index is 0. The summed E-state index contributed by atoms with van der Waals surface area (Å²) in [7, 11) is 1.61. The molecule has 10 nitrogen and oxygen atoms in total. The average molecular weight is 575 g/mol. The third kappa shape index (κ3) is 5.63. The van der Waals surface area contributed by atoms with Crippen molar-refractivity contribution in [2.45, 2.75) is 26.2 Å². The summed E-state index contributed by atoms with van der Waals surface area (Å²) in [4.78, 5) is 32.6. The molecule has 41 heavy (non-hydrogen) atoms. The first kappa shape index (κ1) is 28.9. The third-order valence-electron chi connectivity index (χ3n) is 6.88. The fourth-order valence-corrected chi connectivity index (χ4v) is 4.98. The fraction of sp³-hybridized carbons (Fsp3) is 0.167. The maximum absolute atomic E-state index is 14.0. The molecule has 0 aliphatic carbocycles. The van der Waals surface area contributed by atoms with Gasteiger partial charge in [-0.2, -0.15) is 10.1 Å². The molecule has 0 radical (unpaired) electrons. The van der Waals surface area contributed by atoms with Crippen molar-refractivity contribution in [3.05, 3.63) is 117 Å². The Kier molecular flexibility index (Phi) is 8.81. The topological polar surface area (TPSA) is 120 Å². The predicted octanol–water partition coefficient (Wildman–Crippen LogP) is 3.79. The molecule has 3 aromatic heterocycles. The molecule has 6 rings (SSSR count). The number of hydrogen-bond acceptors (Lipinski definition) is 7. The zero-order valence-electron chi connectivity index (χ0n) is 22.0. The summed E-state index contributed by atoms with van der Waals surface area (Å²) >= 11 is 0. The monoisotopic (exact) mass is 574 g/mol. The van der Waals surface area contributed by atoms with E-state index in [4.69, 9.17) is 9.26 Å². The number of aromatic nitrogens is 6. The van der Waals surface area contributed by atoms with Crippen LogP contribution in [0, 0.1) is 0 Å². The molecule has 0 aliphatic rings. The van der Waals surface area contributed by atoms with E-state index in [1.165, 1.54) is 6.33 Å². The van der Waals surface area contributed by atoms with E-state index in [1.807, 2.05) is 72.8 Å². The Morgan fingerprint density at radius 2 is 1.68 bits per heavy atom. The molecule has 0 bridgehead atoms. The standard InChI is InChI=1S/C30H26N6O4.K.H/c1-3-6-26-25(28(37)35(29-31-18-32-36(26)29)21-13-15-22(39-2)16-14-21)17-19-9-11-20(12-10-19)23-7-4-5-8-24(23)27-33-30(38)40-34-27;;/h4-5,7-16,18H,3,6,17H2,1-2H3,(H,33,34,38);;. The number of rotatable bonds is 8. The average Bonchev–Trinajstić information content (AvgIpc) is 3.65. The van der Waals surface area contributed by atoms with Crippen LogP contribution < -0.4 is 16.1 Å². The van der Waals surface area contributed by atoms with Gasteiger partial charge in [0.2, 0.25) is 5.78 Å². The summed E-state index contributed by atoms with van der Waals surface area (Å²) in [5.74, 6) is 0.940. The van der Waals surface area contributed by atoms with Gasteiger partial charge in [0.15, 0.2) is 5.82 Å². The fourth-order valence-electron chi connectivity index (χ4n) is 4.98. The quantitative estimate of drug-likeness (QED) is 0.275. The summed E-state index contributed by atoms with van der Waals surface area (Å²) < 4.78 is 13.4. The number of aryl methyl sites for hydroxylation is 1. The molecule has 6 aromatic rings. The van der Waals surface area contributed by atoms with Crippen molar-refractivity contribution >= 4 is 57.2 Å². The Labute approximate surface area is 277 Å². The van der Waals surface area contributed by atoms with Gasteiger partial charge in [0.05, 0.1) is 18.5 Å². The van der Waals surface area contributed by atoms with E-state index in [0.29, 0.717) is 41.4 Å². The molecule has 0 amide bonds. The normalized spacial score (nSPS) is 11.0. The number of nitrogens with zero attached hydrogens (tertiary/aromatic N) is 5. The van der Waals surface area contributed by atoms with Gasteiger partial charge in [-0.05, 0) is 47.4 Å². The van der Waals surface area contributed by atoms with Gasteiger partial charge < -0.3 is 4.74 Å². The van der Waals surface area contributed by atoms with E-state index in [2.05, 4.69) is 27.1 Å². The van der Waals surface area contributed by atoms with Crippen molar-refractivity contribution in [1.29, 1.82) is 0 Å². The van der Waals surface area contributed by atoms with E-state index in [1.54, 1.807) is 16.2 Å². The molecule has 0 saturated heterocycles. The molecule has 0 fully saturated rings. The van der Waals surface area contributed by atoms with Crippen LogP contribution in [-0.2, 0) is 12.8 Å². The summed E-state index contributed by atoms with van der Waals surface area (Å²) in [6.07, 6.45) is 3.45. The van der Waals surface area contributed by atoms with Gasteiger partial charge >= 0.3 is 57.1 Å². The molecule has 202 valence electrons. The van der Waals surface area contributed by atoms with Crippen LogP contribution in [0.3, 0.4) is 0 Å². The van der Waals surface area contributed by atoms with Crippen molar-refractivity contribution in [3.8, 4) is 34.0 Å². The summed E-state index contributed by atoms with van der Waals surface area (Å²) in [5, 5.41) is 8.32. The molecular weight excluding hydrogens is 547 g/mol. The number of H-pyrrole nitrogens is 1. The van der Waals surface area contributed by atoms with Crippen LogP contribution in [0.4, 0.5) is 0 Å². The number of hydrogen-bond donors (Lipinski definition) is 1. The molecule has 11 heteroatoms. The number of benzene rings is 3. The van der Waals surface area contributed by atoms with Crippen LogP contribution in [0.5, 0.6) is 5.75 Å². The Morgan fingerprint density at radius 3 is 2.34 bits per heavy atom. The second-order valence-electron chi connectivity index (χ2n) is 9.35. The second kappa shape index (κ2) is 12.5. The Bertz CT molecular complexity index is 1920. The molecule has 3 aromatic carbocycles. The minimum atomic E-state index is -0.604. The Morgan fingerprint density at radius 1 is 0.951 bits per heavy atom. The van der Waals surface area contributed by atoms with Crippen LogP contribution in [0.2, 0.25) is 0 Å². The molecule has 0 unspecified atom stereocenters. The van der Waals surface area contributed by atoms with Crippen LogP contribution in [-0.4, -0.2) is 87.8 Å². The van der Waals surface area contributed by atoms with Gasteiger partial charge in [0, 0.05) is 17.5 Å². The predicted molar refractivity (Wildman–Crippen MR) is 157 cm³/mol. The summed E-state index contributed by atoms with van der Waals surface area (Å²) in [5.41, 5.74) is 5.66. The molecular formula is C30H27KN6O4. The Hall–Kier alpha value is -3.61. The number of ether oxygens (including phenoxy) is 1. The second-order valence-corrected chi connectivity index (χ2v) is 9.35. The molecule has 0 spiro atoms. The van der Waals surface area contributed by atoms with E-state index in [-0.39, 0.29) is 56.9 Å². The number of aromatic amines is 1. The van der Waals surface area contributed by atoms with E-state index >= 15 is 0 Å². The van der Waals surface area contributed by atoms with E-state index in [0.717, 1.165) is 34.4 Å². The van der Waals surface area contributed by atoms with Crippen LogP contribution in [0.1, 0.15) is 30.2 Å². The van der Waals surface area contributed by atoms with Gasteiger partial charge in [-0.3, -0.25) is 14.3 Å². The molecule has 0 saturated carbocycles. The van der Waals surface area contributed by atoms with Crippen molar-refractivity contribution < 1.29 is 9.26 Å². The van der Waals surface area contributed by atoms with Crippen molar-refractivity contribution in [2.24, 2.45) is 0 Å². The first-order valence-corrected chi connectivity index (χ1v) is 12.9. The van der Waals surface area contributed by atoms with Gasteiger partial charge in [-0.25, -0.2) is 13.9 Å².